The number of fused-ring (bicyclic) bond motifs is 12. The first kappa shape index (κ1) is 40.4. The zero-order valence-corrected chi connectivity index (χ0v) is 36.7. The number of aryl methyl sites for hydroxylation is 2. The molecular formula is C50H73NO3S2. The number of aliphatic hydroxyl groups is 3. The van der Waals surface area contributed by atoms with E-state index in [1.807, 2.05) is 0 Å². The van der Waals surface area contributed by atoms with Gasteiger partial charge in [0.2, 0.25) is 0 Å². The Morgan fingerprint density at radius 1 is 0.768 bits per heavy atom. The van der Waals surface area contributed by atoms with Gasteiger partial charge in [-0.25, -0.2) is 0 Å². The first-order valence-electron chi connectivity index (χ1n) is 23.2. The van der Waals surface area contributed by atoms with Crippen LogP contribution in [0.25, 0.3) is 0 Å². The van der Waals surface area contributed by atoms with Gasteiger partial charge in [-0.1, -0.05) is 90.9 Å². The van der Waals surface area contributed by atoms with Crippen molar-refractivity contribution in [2.75, 3.05) is 18.8 Å². The molecule has 0 spiro atoms. The number of rotatable bonds is 6. The zero-order valence-electron chi connectivity index (χ0n) is 35.0. The standard InChI is InChI=1S/C50H73NO3S2/c1-31(2)13-16-34-11-8-12-38-35(17-14-32-9-6-5-7-10-32)18-15-33-23-36(29-55-56-30-43(34)38)48-50(4,54)44-20-19-39-40(42(44)28-51(48)27-33)25-45-41(39)26-47(53)46-24-37(52)21-22-49(45,46)3/h5-12,31,33,35-37,39-42,44-48,52-54H,13-30H2,1-4H3. The van der Waals surface area contributed by atoms with Gasteiger partial charge in [-0.3, -0.25) is 4.90 Å². The third-order valence-electron chi connectivity index (χ3n) is 17.9. The molecular weight excluding hydrogens is 727 g/mol. The lowest BCUT2D eigenvalue weighted by Gasteiger charge is -2.62. The Bertz CT molecular complexity index is 1650. The largest absolute Gasteiger partial charge is 0.393 e. The molecule has 2 aromatic rings. The lowest BCUT2D eigenvalue weighted by atomic mass is 9.51. The van der Waals surface area contributed by atoms with Crippen LogP contribution in [-0.4, -0.2) is 62.9 Å². The molecule has 4 nitrogen and oxygen atoms in total. The highest BCUT2D eigenvalue weighted by Gasteiger charge is 2.65. The molecule has 4 aliphatic carbocycles. The fourth-order valence-electron chi connectivity index (χ4n) is 15.3. The molecule has 56 heavy (non-hydrogen) atoms. The van der Waals surface area contributed by atoms with E-state index in [4.69, 9.17) is 0 Å². The van der Waals surface area contributed by atoms with Crippen LogP contribution in [-0.2, 0) is 18.6 Å². The van der Waals surface area contributed by atoms with Crippen LogP contribution in [0.4, 0.5) is 0 Å². The quantitative estimate of drug-likeness (QED) is 0.253. The van der Waals surface area contributed by atoms with Crippen LogP contribution in [0.2, 0.25) is 0 Å². The van der Waals surface area contributed by atoms with Crippen LogP contribution < -0.4 is 0 Å². The lowest BCUT2D eigenvalue weighted by molar-refractivity contribution is -0.190. The van der Waals surface area contributed by atoms with Crippen molar-refractivity contribution in [2.45, 2.75) is 153 Å². The van der Waals surface area contributed by atoms with Crippen LogP contribution in [0.3, 0.4) is 0 Å². The smallest absolute Gasteiger partial charge is 0.0808 e. The number of hydrogen-bond donors (Lipinski definition) is 3. The van der Waals surface area contributed by atoms with Crippen molar-refractivity contribution in [1.82, 2.24) is 4.90 Å². The van der Waals surface area contributed by atoms with Crippen molar-refractivity contribution in [3.63, 3.8) is 0 Å². The predicted octanol–water partition coefficient (Wildman–Crippen LogP) is 10.6. The fraction of sp³-hybridized carbons (Fsp3) is 0.760. The fourth-order valence-corrected chi connectivity index (χ4v) is 17.8. The number of nitrogens with zero attached hydrogens (tertiary/aromatic N) is 1. The Labute approximate surface area is 347 Å². The monoisotopic (exact) mass is 800 g/mol. The molecule has 3 aliphatic heterocycles. The maximum atomic E-state index is 13.0. The van der Waals surface area contributed by atoms with E-state index in [1.54, 1.807) is 16.7 Å². The molecule has 15 unspecified atom stereocenters. The summed E-state index contributed by atoms with van der Waals surface area (Å²) in [5, 5.41) is 35.2. The summed E-state index contributed by atoms with van der Waals surface area (Å²) < 4.78 is 0. The number of benzene rings is 2. The van der Waals surface area contributed by atoms with Crippen molar-refractivity contribution in [3.8, 4) is 0 Å². The van der Waals surface area contributed by atoms with Crippen molar-refractivity contribution in [3.05, 3.63) is 70.8 Å². The van der Waals surface area contributed by atoms with Crippen LogP contribution >= 0.6 is 21.6 Å². The van der Waals surface area contributed by atoms with Crippen molar-refractivity contribution < 1.29 is 15.3 Å². The molecule has 2 aromatic carbocycles. The Morgan fingerprint density at radius 2 is 1.61 bits per heavy atom. The molecule has 4 saturated carbocycles. The normalized spacial score (nSPS) is 43.9. The van der Waals surface area contributed by atoms with Crippen LogP contribution in [0.1, 0.15) is 133 Å². The highest BCUT2D eigenvalue weighted by atomic mass is 33.1. The third kappa shape index (κ3) is 7.52. The Kier molecular flexibility index (Phi) is 11.9. The molecule has 7 aliphatic rings. The lowest BCUT2D eigenvalue weighted by Crippen LogP contribution is -2.70. The average molecular weight is 800 g/mol. The summed E-state index contributed by atoms with van der Waals surface area (Å²) in [6.07, 6.45) is 15.4. The van der Waals surface area contributed by atoms with Crippen LogP contribution in [0.15, 0.2) is 48.5 Å². The van der Waals surface area contributed by atoms with E-state index < -0.39 is 5.60 Å². The average Bonchev–Trinajstić information content (AvgIpc) is 3.56. The van der Waals surface area contributed by atoms with Gasteiger partial charge < -0.3 is 15.3 Å². The minimum atomic E-state index is -0.671. The van der Waals surface area contributed by atoms with Gasteiger partial charge in [0.15, 0.2) is 0 Å². The Balaban J connectivity index is 0.975. The Hall–Kier alpha value is -1.02. The minimum absolute atomic E-state index is 0.139. The van der Waals surface area contributed by atoms with Gasteiger partial charge in [0.1, 0.15) is 0 Å². The molecule has 0 aromatic heterocycles. The van der Waals surface area contributed by atoms with E-state index in [1.165, 1.54) is 56.9 Å². The van der Waals surface area contributed by atoms with Crippen LogP contribution in [0, 0.1) is 64.6 Å². The van der Waals surface area contributed by atoms with Crippen molar-refractivity contribution in [1.29, 1.82) is 0 Å². The van der Waals surface area contributed by atoms with E-state index >= 15 is 0 Å². The maximum absolute atomic E-state index is 13.0. The summed E-state index contributed by atoms with van der Waals surface area (Å²) >= 11 is 0. The highest BCUT2D eigenvalue weighted by Crippen LogP contribution is 2.67. The summed E-state index contributed by atoms with van der Waals surface area (Å²) in [6, 6.07) is 18.7. The van der Waals surface area contributed by atoms with E-state index in [0.29, 0.717) is 59.2 Å². The summed E-state index contributed by atoms with van der Waals surface area (Å²) in [6.45, 7) is 11.8. The summed E-state index contributed by atoms with van der Waals surface area (Å²) in [7, 11) is 4.20. The summed E-state index contributed by atoms with van der Waals surface area (Å²) in [5.41, 5.74) is 5.78. The SMILES string of the molecule is CC(C)CCc1cccc2c1CSSCC1CC(CCC2CCc2ccccc2)CN2CC3C4CC5C(CC(O)C6CC(O)CCC65C)C4CCC3C(C)(O)C12. The second-order valence-electron chi connectivity index (χ2n) is 21.3. The zero-order chi connectivity index (χ0) is 38.8. The molecule has 6 fully saturated rings. The minimum Gasteiger partial charge on any atom is -0.393 e. The molecule has 3 heterocycles. The highest BCUT2D eigenvalue weighted by molar-refractivity contribution is 8.76. The molecule has 9 rings (SSSR count). The topological polar surface area (TPSA) is 63.9 Å². The van der Waals surface area contributed by atoms with Gasteiger partial charge in [0.25, 0.3) is 0 Å². The third-order valence-corrected chi connectivity index (χ3v) is 20.3. The number of aliphatic hydroxyl groups excluding tert-OH is 2. The van der Waals surface area contributed by atoms with Crippen molar-refractivity contribution in [2.24, 2.45) is 64.6 Å². The molecule has 6 heteroatoms. The van der Waals surface area contributed by atoms with E-state index in [9.17, 15) is 15.3 Å². The maximum Gasteiger partial charge on any atom is 0.0808 e. The van der Waals surface area contributed by atoms with E-state index in [0.717, 1.165) is 63.1 Å². The second kappa shape index (κ2) is 16.4. The number of piperidine rings is 2. The first-order valence-corrected chi connectivity index (χ1v) is 25.7. The van der Waals surface area contributed by atoms with E-state index in [-0.39, 0.29) is 29.6 Å². The van der Waals surface area contributed by atoms with Crippen LogP contribution in [0.5, 0.6) is 0 Å². The second-order valence-corrected chi connectivity index (χ2v) is 23.8. The summed E-state index contributed by atoms with van der Waals surface area (Å²) in [4.78, 5) is 2.87. The Morgan fingerprint density at radius 3 is 2.43 bits per heavy atom. The molecule has 308 valence electrons. The van der Waals surface area contributed by atoms with Gasteiger partial charge in [-0.15, -0.1) is 0 Å². The van der Waals surface area contributed by atoms with Gasteiger partial charge in [0.05, 0.1) is 17.8 Å². The van der Waals surface area contributed by atoms with Gasteiger partial charge in [-0.2, -0.15) is 0 Å². The van der Waals surface area contributed by atoms with Gasteiger partial charge in [-0.05, 0) is 190 Å². The molecule has 15 atom stereocenters. The van der Waals surface area contributed by atoms with Gasteiger partial charge >= 0.3 is 0 Å². The molecule has 3 N–H and O–H groups in total. The van der Waals surface area contributed by atoms with Gasteiger partial charge in [0, 0.05) is 30.6 Å². The molecule has 0 amide bonds. The number of hydrogen-bond acceptors (Lipinski definition) is 6. The molecule has 2 saturated heterocycles. The molecule has 0 radical (unpaired) electrons. The first-order chi connectivity index (χ1) is 27.0. The van der Waals surface area contributed by atoms with E-state index in [2.05, 4.69) is 103 Å². The summed E-state index contributed by atoms with van der Waals surface area (Å²) in [5.74, 6) is 8.47. The van der Waals surface area contributed by atoms with Crippen molar-refractivity contribution >= 4 is 21.6 Å². The molecule has 2 bridgehead atoms. The predicted molar refractivity (Wildman–Crippen MR) is 235 cm³/mol.